The van der Waals surface area contributed by atoms with Gasteiger partial charge in [-0.15, -0.1) is 0 Å². The minimum atomic E-state index is -0.0609. The van der Waals surface area contributed by atoms with Crippen molar-refractivity contribution in [3.8, 4) is 0 Å². The highest BCUT2D eigenvalue weighted by molar-refractivity contribution is 5.97. The van der Waals surface area contributed by atoms with Gasteiger partial charge < -0.3 is 0 Å². The molecule has 2 heteroatoms. The number of hydrogen-bond donors (Lipinski definition) is 0. The molecule has 0 unspecified atom stereocenters. The number of allylic oxidation sites excluding steroid dienone is 2. The first kappa shape index (κ1) is 16.1. The molecular weight excluding hydrogens is 212 g/mol. The summed E-state index contributed by atoms with van der Waals surface area (Å²) in [4.78, 5) is 21.9. The number of hydrogen-bond acceptors (Lipinski definition) is 2. The van der Waals surface area contributed by atoms with Crippen molar-refractivity contribution in [2.75, 3.05) is 0 Å². The fourth-order valence-electron chi connectivity index (χ4n) is 1.73. The average Bonchev–Trinajstić information content (AvgIpc) is 2.30. The number of ketones is 2. The van der Waals surface area contributed by atoms with Crippen molar-refractivity contribution in [2.24, 2.45) is 0 Å². The molecule has 0 N–H and O–H groups in total. The Hall–Kier alpha value is -0.920. The Morgan fingerprint density at radius 1 is 0.824 bits per heavy atom. The minimum Gasteiger partial charge on any atom is -0.295 e. The molecule has 0 saturated carbocycles. The molecule has 2 nitrogen and oxygen atoms in total. The molecule has 0 saturated heterocycles. The molecule has 0 aromatic heterocycles. The standard InChI is InChI=1S/C15H26O2/c1-3-4-5-6-7-8-9-10-11-15(17)13-12-14(2)16/h12-13H,3-11H2,1-2H3. The third-order valence-corrected chi connectivity index (χ3v) is 2.78. The van der Waals surface area contributed by atoms with E-state index in [4.69, 9.17) is 0 Å². The first-order valence-electron chi connectivity index (χ1n) is 6.88. The van der Waals surface area contributed by atoms with Crippen LogP contribution >= 0.6 is 0 Å². The maximum absolute atomic E-state index is 11.3. The second-order valence-corrected chi connectivity index (χ2v) is 4.64. The zero-order valence-corrected chi connectivity index (χ0v) is 11.3. The van der Waals surface area contributed by atoms with Crippen LogP contribution in [0.3, 0.4) is 0 Å². The van der Waals surface area contributed by atoms with E-state index in [0.717, 1.165) is 12.8 Å². The van der Waals surface area contributed by atoms with Gasteiger partial charge in [0.2, 0.25) is 0 Å². The summed E-state index contributed by atoms with van der Waals surface area (Å²) >= 11 is 0. The van der Waals surface area contributed by atoms with Gasteiger partial charge in [-0.05, 0) is 25.5 Å². The van der Waals surface area contributed by atoms with Gasteiger partial charge in [-0.2, -0.15) is 0 Å². The topological polar surface area (TPSA) is 34.1 Å². The molecule has 0 bridgehead atoms. The summed E-state index contributed by atoms with van der Waals surface area (Å²) in [5.74, 6) is 0.0143. The van der Waals surface area contributed by atoms with Crippen LogP contribution in [0.5, 0.6) is 0 Å². The van der Waals surface area contributed by atoms with Gasteiger partial charge >= 0.3 is 0 Å². The Kier molecular flexibility index (Phi) is 10.9. The van der Waals surface area contributed by atoms with E-state index in [0.29, 0.717) is 6.42 Å². The Labute approximate surface area is 105 Å². The summed E-state index contributed by atoms with van der Waals surface area (Å²) in [6.45, 7) is 3.68. The van der Waals surface area contributed by atoms with Gasteiger partial charge in [-0.1, -0.05) is 51.9 Å². The monoisotopic (exact) mass is 238 g/mol. The minimum absolute atomic E-state index is 0.0609. The molecular formula is C15H26O2. The van der Waals surface area contributed by atoms with Crippen molar-refractivity contribution in [3.05, 3.63) is 12.2 Å². The fraction of sp³-hybridized carbons (Fsp3) is 0.733. The molecule has 0 rings (SSSR count). The molecule has 0 aromatic rings. The first-order valence-corrected chi connectivity index (χ1v) is 6.88. The molecule has 0 aromatic carbocycles. The van der Waals surface area contributed by atoms with E-state index in [9.17, 15) is 9.59 Å². The highest BCUT2D eigenvalue weighted by atomic mass is 16.1. The van der Waals surface area contributed by atoms with Crippen LogP contribution in [0.15, 0.2) is 12.2 Å². The maximum atomic E-state index is 11.3. The molecule has 0 aliphatic heterocycles. The molecule has 0 heterocycles. The second kappa shape index (κ2) is 11.6. The van der Waals surface area contributed by atoms with Gasteiger partial charge in [0.05, 0.1) is 0 Å². The predicted octanol–water partition coefficient (Wildman–Crippen LogP) is 4.23. The van der Waals surface area contributed by atoms with E-state index < -0.39 is 0 Å². The highest BCUT2D eigenvalue weighted by Gasteiger charge is 1.97. The Bertz CT molecular complexity index is 241. The van der Waals surface area contributed by atoms with E-state index in [1.807, 2.05) is 0 Å². The van der Waals surface area contributed by atoms with Crippen LogP contribution < -0.4 is 0 Å². The SMILES string of the molecule is CCCCCCCCCCC(=O)C=CC(C)=O. The number of carbonyl (C=O) groups excluding carboxylic acids is 2. The molecule has 0 aliphatic rings. The molecule has 0 radical (unpaired) electrons. The van der Waals surface area contributed by atoms with Crippen LogP contribution in [0.1, 0.15) is 71.6 Å². The molecule has 0 amide bonds. The van der Waals surface area contributed by atoms with E-state index in [1.54, 1.807) is 0 Å². The molecule has 0 fully saturated rings. The molecule has 0 atom stereocenters. The van der Waals surface area contributed by atoms with Gasteiger partial charge in [-0.3, -0.25) is 9.59 Å². The average molecular weight is 238 g/mol. The van der Waals surface area contributed by atoms with E-state index in [-0.39, 0.29) is 11.6 Å². The van der Waals surface area contributed by atoms with E-state index >= 15 is 0 Å². The normalized spacial score (nSPS) is 10.9. The lowest BCUT2D eigenvalue weighted by Crippen LogP contribution is -1.94. The van der Waals surface area contributed by atoms with Crippen molar-refractivity contribution in [1.82, 2.24) is 0 Å². The van der Waals surface area contributed by atoms with Crippen molar-refractivity contribution < 1.29 is 9.59 Å². The Morgan fingerprint density at radius 2 is 1.35 bits per heavy atom. The quantitative estimate of drug-likeness (QED) is 0.399. The zero-order chi connectivity index (χ0) is 12.9. The van der Waals surface area contributed by atoms with Crippen molar-refractivity contribution in [1.29, 1.82) is 0 Å². The summed E-state index contributed by atoms with van der Waals surface area (Å²) in [6, 6.07) is 0. The highest BCUT2D eigenvalue weighted by Crippen LogP contribution is 2.09. The van der Waals surface area contributed by atoms with E-state index in [1.165, 1.54) is 57.6 Å². The Morgan fingerprint density at radius 3 is 1.88 bits per heavy atom. The molecule has 98 valence electrons. The summed E-state index contributed by atoms with van der Waals surface area (Å²) in [6.07, 6.45) is 13.2. The Balaban J connectivity index is 3.28. The lowest BCUT2D eigenvalue weighted by molar-refractivity contribution is -0.116. The smallest absolute Gasteiger partial charge is 0.155 e. The van der Waals surface area contributed by atoms with Gasteiger partial charge in [0.25, 0.3) is 0 Å². The number of carbonyl (C=O) groups is 2. The summed E-state index contributed by atoms with van der Waals surface area (Å²) < 4.78 is 0. The molecule has 17 heavy (non-hydrogen) atoms. The van der Waals surface area contributed by atoms with Gasteiger partial charge in [-0.25, -0.2) is 0 Å². The summed E-state index contributed by atoms with van der Waals surface area (Å²) in [5.41, 5.74) is 0. The zero-order valence-electron chi connectivity index (χ0n) is 11.3. The third-order valence-electron chi connectivity index (χ3n) is 2.78. The van der Waals surface area contributed by atoms with E-state index in [2.05, 4.69) is 6.92 Å². The lowest BCUT2D eigenvalue weighted by atomic mass is 10.1. The van der Waals surface area contributed by atoms with Crippen molar-refractivity contribution in [2.45, 2.75) is 71.6 Å². The van der Waals surface area contributed by atoms with Crippen LogP contribution in [-0.4, -0.2) is 11.6 Å². The summed E-state index contributed by atoms with van der Waals surface area (Å²) in [7, 11) is 0. The molecule has 0 aliphatic carbocycles. The van der Waals surface area contributed by atoms with Crippen molar-refractivity contribution >= 4 is 11.6 Å². The second-order valence-electron chi connectivity index (χ2n) is 4.64. The van der Waals surface area contributed by atoms with Crippen LogP contribution in [0.2, 0.25) is 0 Å². The predicted molar refractivity (Wildman–Crippen MR) is 72.1 cm³/mol. The van der Waals surface area contributed by atoms with Crippen molar-refractivity contribution in [3.63, 3.8) is 0 Å². The van der Waals surface area contributed by atoms with Crippen LogP contribution in [0.25, 0.3) is 0 Å². The van der Waals surface area contributed by atoms with Gasteiger partial charge in [0, 0.05) is 6.42 Å². The largest absolute Gasteiger partial charge is 0.295 e. The van der Waals surface area contributed by atoms with Gasteiger partial charge in [0.15, 0.2) is 11.6 Å². The van der Waals surface area contributed by atoms with Gasteiger partial charge in [0.1, 0.15) is 0 Å². The maximum Gasteiger partial charge on any atom is 0.155 e. The lowest BCUT2D eigenvalue weighted by Gasteiger charge is -2.00. The summed E-state index contributed by atoms with van der Waals surface area (Å²) in [5, 5.41) is 0. The fourth-order valence-corrected chi connectivity index (χ4v) is 1.73. The van der Waals surface area contributed by atoms with Crippen LogP contribution in [-0.2, 0) is 9.59 Å². The number of rotatable bonds is 11. The number of unbranched alkanes of at least 4 members (excludes halogenated alkanes) is 7. The van der Waals surface area contributed by atoms with Crippen LogP contribution in [0.4, 0.5) is 0 Å². The molecule has 0 spiro atoms. The van der Waals surface area contributed by atoms with Crippen LogP contribution in [0, 0.1) is 0 Å². The third kappa shape index (κ3) is 13.0. The first-order chi connectivity index (χ1) is 8.16.